The van der Waals surface area contributed by atoms with Gasteiger partial charge in [0.2, 0.25) is 5.91 Å². The van der Waals surface area contributed by atoms with E-state index in [4.69, 9.17) is 0 Å². The molecule has 0 saturated carbocycles. The molecule has 2 aromatic rings. The molecule has 0 radical (unpaired) electrons. The first-order chi connectivity index (χ1) is 13.5. The molecule has 3 rings (SSSR count). The zero-order valence-corrected chi connectivity index (χ0v) is 15.5. The number of amides is 3. The summed E-state index contributed by atoms with van der Waals surface area (Å²) in [6.07, 6.45) is 3.49. The van der Waals surface area contributed by atoms with E-state index in [2.05, 4.69) is 10.3 Å². The number of aromatic nitrogens is 1. The summed E-state index contributed by atoms with van der Waals surface area (Å²) in [4.78, 5) is 44.4. The van der Waals surface area contributed by atoms with E-state index < -0.39 is 17.9 Å². The topological polar surface area (TPSA) is 82.6 Å². The summed E-state index contributed by atoms with van der Waals surface area (Å²) in [6.45, 7) is 2.58. The van der Waals surface area contributed by atoms with E-state index in [1.54, 1.807) is 43.6 Å². The summed E-state index contributed by atoms with van der Waals surface area (Å²) < 4.78 is 13.0. The van der Waals surface area contributed by atoms with E-state index in [-0.39, 0.29) is 24.8 Å². The number of rotatable bonds is 6. The number of hydrogen-bond acceptors (Lipinski definition) is 4. The van der Waals surface area contributed by atoms with E-state index in [1.165, 1.54) is 21.9 Å². The van der Waals surface area contributed by atoms with Crippen molar-refractivity contribution in [3.8, 4) is 0 Å². The highest BCUT2D eigenvalue weighted by Gasteiger charge is 2.38. The molecule has 1 saturated heterocycles. The number of anilines is 1. The molecular weight excluding hydrogens is 363 g/mol. The van der Waals surface area contributed by atoms with Gasteiger partial charge in [0.1, 0.15) is 11.9 Å². The van der Waals surface area contributed by atoms with Crippen LogP contribution < -0.4 is 5.32 Å². The smallest absolute Gasteiger partial charge is 0.312 e. The van der Waals surface area contributed by atoms with Gasteiger partial charge in [-0.25, -0.2) is 4.39 Å². The molecule has 1 aliphatic heterocycles. The molecule has 1 aliphatic rings. The Hall–Kier alpha value is -3.29. The molecule has 8 heteroatoms. The largest absolute Gasteiger partial charge is 0.328 e. The van der Waals surface area contributed by atoms with Gasteiger partial charge in [0.15, 0.2) is 0 Å². The zero-order chi connectivity index (χ0) is 20.1. The summed E-state index contributed by atoms with van der Waals surface area (Å²) in [6, 6.07) is 8.35. The van der Waals surface area contributed by atoms with Crippen molar-refractivity contribution in [1.82, 2.24) is 14.8 Å². The Labute approximate surface area is 162 Å². The fraction of sp³-hybridized carbons (Fsp3) is 0.300. The van der Waals surface area contributed by atoms with Crippen molar-refractivity contribution in [3.63, 3.8) is 0 Å². The molecule has 1 aromatic heterocycles. The standard InChI is InChI=1S/C20H21FN4O3/c1-2-17(18(26)23-16-7-9-22-10-8-16)25-12-11-24(19(27)20(25)28)13-14-3-5-15(21)6-4-14/h3-10,17H,2,11-13H2,1H3,(H,22,23,26). The molecule has 28 heavy (non-hydrogen) atoms. The number of carbonyl (C=O) groups excluding carboxylic acids is 3. The third-order valence-electron chi connectivity index (χ3n) is 4.64. The SMILES string of the molecule is CCC(C(=O)Nc1ccncc1)N1CCN(Cc2ccc(F)cc2)C(=O)C1=O. The Morgan fingerprint density at radius 2 is 1.79 bits per heavy atom. The molecule has 0 spiro atoms. The second-order valence-electron chi connectivity index (χ2n) is 6.50. The second kappa shape index (κ2) is 8.60. The fourth-order valence-electron chi connectivity index (χ4n) is 3.16. The van der Waals surface area contributed by atoms with Crippen molar-refractivity contribution in [1.29, 1.82) is 0 Å². The van der Waals surface area contributed by atoms with Crippen LogP contribution in [-0.2, 0) is 20.9 Å². The van der Waals surface area contributed by atoms with E-state index in [0.717, 1.165) is 5.56 Å². The molecule has 7 nitrogen and oxygen atoms in total. The quantitative estimate of drug-likeness (QED) is 0.770. The number of hydrogen-bond donors (Lipinski definition) is 1. The van der Waals surface area contributed by atoms with Crippen molar-refractivity contribution in [2.24, 2.45) is 0 Å². The molecule has 0 aliphatic carbocycles. The van der Waals surface area contributed by atoms with Gasteiger partial charge in [-0.3, -0.25) is 19.4 Å². The highest BCUT2D eigenvalue weighted by Crippen LogP contribution is 2.16. The number of nitrogens with one attached hydrogen (secondary N) is 1. The highest BCUT2D eigenvalue weighted by atomic mass is 19.1. The Morgan fingerprint density at radius 1 is 1.11 bits per heavy atom. The maximum Gasteiger partial charge on any atom is 0.312 e. The average molecular weight is 384 g/mol. The molecule has 1 fully saturated rings. The average Bonchev–Trinajstić information content (AvgIpc) is 2.70. The van der Waals surface area contributed by atoms with E-state index in [9.17, 15) is 18.8 Å². The molecule has 1 aromatic carbocycles. The van der Waals surface area contributed by atoms with Crippen molar-refractivity contribution >= 4 is 23.4 Å². The Bertz CT molecular complexity index is 858. The van der Waals surface area contributed by atoms with Gasteiger partial charge in [0.05, 0.1) is 0 Å². The lowest BCUT2D eigenvalue weighted by Gasteiger charge is -2.37. The van der Waals surface area contributed by atoms with Crippen LogP contribution in [0.25, 0.3) is 0 Å². The van der Waals surface area contributed by atoms with Gasteiger partial charge in [0.25, 0.3) is 0 Å². The van der Waals surface area contributed by atoms with Gasteiger partial charge in [0, 0.05) is 37.7 Å². The minimum atomic E-state index is -0.738. The molecule has 1 atom stereocenters. The van der Waals surface area contributed by atoms with Gasteiger partial charge in [-0.2, -0.15) is 0 Å². The molecule has 1 unspecified atom stereocenters. The summed E-state index contributed by atoms with van der Waals surface area (Å²) >= 11 is 0. The maximum atomic E-state index is 13.0. The number of carbonyl (C=O) groups is 3. The molecule has 2 heterocycles. The van der Waals surface area contributed by atoms with Crippen molar-refractivity contribution in [2.75, 3.05) is 18.4 Å². The minimum absolute atomic E-state index is 0.221. The van der Waals surface area contributed by atoms with Crippen LogP contribution in [0.15, 0.2) is 48.8 Å². The Morgan fingerprint density at radius 3 is 2.43 bits per heavy atom. The Balaban J connectivity index is 1.66. The van der Waals surface area contributed by atoms with Crippen LogP contribution in [-0.4, -0.2) is 51.6 Å². The maximum absolute atomic E-state index is 13.0. The first-order valence-electron chi connectivity index (χ1n) is 9.04. The van der Waals surface area contributed by atoms with E-state index >= 15 is 0 Å². The lowest BCUT2D eigenvalue weighted by molar-refractivity contribution is -0.159. The number of benzene rings is 1. The monoisotopic (exact) mass is 384 g/mol. The van der Waals surface area contributed by atoms with Gasteiger partial charge in [-0.05, 0) is 36.2 Å². The predicted octanol–water partition coefficient (Wildman–Crippen LogP) is 1.81. The van der Waals surface area contributed by atoms with Crippen LogP contribution in [0.1, 0.15) is 18.9 Å². The van der Waals surface area contributed by atoms with E-state index in [1.807, 2.05) is 0 Å². The summed E-state index contributed by atoms with van der Waals surface area (Å²) in [7, 11) is 0. The van der Waals surface area contributed by atoms with Crippen LogP contribution in [0, 0.1) is 5.82 Å². The number of piperazine rings is 1. The van der Waals surface area contributed by atoms with E-state index in [0.29, 0.717) is 18.7 Å². The van der Waals surface area contributed by atoms with Gasteiger partial charge in [-0.15, -0.1) is 0 Å². The molecule has 3 amide bonds. The van der Waals surface area contributed by atoms with Gasteiger partial charge in [-0.1, -0.05) is 19.1 Å². The van der Waals surface area contributed by atoms with Crippen LogP contribution in [0.5, 0.6) is 0 Å². The minimum Gasteiger partial charge on any atom is -0.328 e. The van der Waals surface area contributed by atoms with Crippen molar-refractivity contribution in [2.45, 2.75) is 25.9 Å². The zero-order valence-electron chi connectivity index (χ0n) is 15.5. The van der Waals surface area contributed by atoms with Gasteiger partial charge >= 0.3 is 11.8 Å². The van der Waals surface area contributed by atoms with Crippen LogP contribution in [0.4, 0.5) is 10.1 Å². The molecule has 1 N–H and O–H groups in total. The third-order valence-corrected chi connectivity index (χ3v) is 4.64. The van der Waals surface area contributed by atoms with Crippen molar-refractivity contribution in [3.05, 3.63) is 60.2 Å². The number of halogens is 1. The lowest BCUT2D eigenvalue weighted by Crippen LogP contribution is -2.59. The normalized spacial score (nSPS) is 15.5. The third kappa shape index (κ3) is 4.33. The van der Waals surface area contributed by atoms with Gasteiger partial charge < -0.3 is 15.1 Å². The molecule has 0 bridgehead atoms. The lowest BCUT2D eigenvalue weighted by atomic mass is 10.1. The van der Waals surface area contributed by atoms with Crippen LogP contribution >= 0.6 is 0 Å². The molecular formula is C20H21FN4O3. The molecule has 146 valence electrons. The second-order valence-corrected chi connectivity index (χ2v) is 6.50. The number of pyridine rings is 1. The first-order valence-corrected chi connectivity index (χ1v) is 9.04. The number of nitrogens with zero attached hydrogens (tertiary/aromatic N) is 3. The van der Waals surface area contributed by atoms with Crippen LogP contribution in [0.3, 0.4) is 0 Å². The summed E-state index contributed by atoms with van der Waals surface area (Å²) in [5.74, 6) is -2.07. The van der Waals surface area contributed by atoms with Crippen LogP contribution in [0.2, 0.25) is 0 Å². The summed E-state index contributed by atoms with van der Waals surface area (Å²) in [5, 5.41) is 2.75. The highest BCUT2D eigenvalue weighted by molar-refractivity contribution is 6.35. The Kier molecular flexibility index (Phi) is 5.98. The van der Waals surface area contributed by atoms with Crippen molar-refractivity contribution < 1.29 is 18.8 Å². The first kappa shape index (κ1) is 19.5. The summed E-state index contributed by atoms with van der Waals surface area (Å²) in [5.41, 5.74) is 1.31. The fourth-order valence-corrected chi connectivity index (χ4v) is 3.16. The predicted molar refractivity (Wildman–Crippen MR) is 100 cm³/mol.